The lowest BCUT2D eigenvalue weighted by Gasteiger charge is -2.09. The number of rotatable bonds is 5. The Morgan fingerprint density at radius 2 is 1.50 bits per heavy atom. The average Bonchev–Trinajstić information content (AvgIpc) is 2.61. The Morgan fingerprint density at radius 1 is 0.958 bits per heavy atom. The van der Waals surface area contributed by atoms with Crippen LogP contribution in [0, 0.1) is 6.92 Å². The maximum atomic E-state index is 5.71. The second kappa shape index (κ2) is 12.7. The number of allylic oxidation sites excluding steroid dienone is 1. The van der Waals surface area contributed by atoms with Crippen molar-refractivity contribution in [2.45, 2.75) is 64.2 Å². The minimum Gasteiger partial charge on any atom is -0.399 e. The smallest absolute Gasteiger partial charge is 0.0314 e. The molecule has 0 atom stereocenters. The third-order valence-electron chi connectivity index (χ3n) is 3.26. The summed E-state index contributed by atoms with van der Waals surface area (Å²) in [4.78, 5) is 2.49. The van der Waals surface area contributed by atoms with Gasteiger partial charge in [0.25, 0.3) is 0 Å². The molecular weight excluding hydrogens is 310 g/mol. The number of anilines is 1. The fraction of sp³-hybridized carbons (Fsp3) is 0.364. The van der Waals surface area contributed by atoms with Crippen LogP contribution in [0.4, 0.5) is 5.69 Å². The largest absolute Gasteiger partial charge is 0.399 e. The molecule has 0 spiro atoms. The zero-order valence-electron chi connectivity index (χ0n) is 16.1. The Bertz CT molecular complexity index is 600. The van der Waals surface area contributed by atoms with E-state index < -0.39 is 0 Å². The lowest BCUT2D eigenvalue weighted by molar-refractivity contribution is 0.931. The van der Waals surface area contributed by atoms with Crippen molar-refractivity contribution in [2.24, 2.45) is 0 Å². The van der Waals surface area contributed by atoms with Gasteiger partial charge in [-0.15, -0.1) is 6.58 Å². The summed E-state index contributed by atoms with van der Waals surface area (Å²) in [6, 6.07) is 14.7. The number of nitrogen functional groups attached to an aromatic ring is 1. The van der Waals surface area contributed by atoms with E-state index in [0.29, 0.717) is 0 Å². The summed E-state index contributed by atoms with van der Waals surface area (Å²) in [5, 5.41) is 0. The van der Waals surface area contributed by atoms with Crippen molar-refractivity contribution in [2.75, 3.05) is 5.73 Å². The first-order valence-electron chi connectivity index (χ1n) is 8.82. The molecule has 132 valence electrons. The Labute approximate surface area is 153 Å². The van der Waals surface area contributed by atoms with E-state index in [9.17, 15) is 0 Å². The Hall–Kier alpha value is -1.67. The van der Waals surface area contributed by atoms with Crippen molar-refractivity contribution in [1.29, 1.82) is 0 Å². The van der Waals surface area contributed by atoms with Crippen molar-refractivity contribution < 1.29 is 0 Å². The predicted octanol–water partition coefficient (Wildman–Crippen LogP) is 7.29. The van der Waals surface area contributed by atoms with E-state index in [1.54, 1.807) is 11.8 Å². The summed E-state index contributed by atoms with van der Waals surface area (Å²) in [6.07, 6.45) is 2.12. The second-order valence-corrected chi connectivity index (χ2v) is 6.36. The highest BCUT2D eigenvalue weighted by Crippen LogP contribution is 2.30. The number of benzene rings is 2. The highest BCUT2D eigenvalue weighted by atomic mass is 32.2. The maximum Gasteiger partial charge on any atom is 0.0314 e. The van der Waals surface area contributed by atoms with Crippen molar-refractivity contribution in [1.82, 2.24) is 0 Å². The van der Waals surface area contributed by atoms with Crippen molar-refractivity contribution in [3.63, 3.8) is 0 Å². The van der Waals surface area contributed by atoms with Crippen molar-refractivity contribution in [3.05, 3.63) is 65.7 Å². The van der Waals surface area contributed by atoms with E-state index in [1.807, 2.05) is 39.8 Å². The van der Waals surface area contributed by atoms with Gasteiger partial charge in [0, 0.05) is 15.5 Å². The highest BCUT2D eigenvalue weighted by molar-refractivity contribution is 7.99. The maximum absolute atomic E-state index is 5.71. The molecule has 0 aliphatic heterocycles. The molecule has 2 aromatic carbocycles. The molecule has 2 rings (SSSR count). The standard InChI is InChI=1S/C18H21NS.2C2H6/c1-13(2)4-6-15-12-18(9-5-14(15)3)20-17-10-7-16(19)8-11-17;2*1-2/h5,7-12H,1,4,6,19H2,2-3H3;2*1-2H3. The monoisotopic (exact) mass is 343 g/mol. The zero-order valence-corrected chi connectivity index (χ0v) is 17.0. The minimum atomic E-state index is 0.806. The molecule has 2 aromatic rings. The summed E-state index contributed by atoms with van der Waals surface area (Å²) in [6.45, 7) is 16.2. The molecule has 0 aliphatic rings. The lowest BCUT2D eigenvalue weighted by atomic mass is 10.0. The SMILES string of the molecule is C=C(C)CCc1cc(Sc2ccc(N)cc2)ccc1C.CC.CC. The van der Waals surface area contributed by atoms with Crippen LogP contribution in [0.15, 0.2) is 64.4 Å². The van der Waals surface area contributed by atoms with E-state index in [2.05, 4.69) is 50.8 Å². The molecule has 2 N–H and O–H groups in total. The summed E-state index contributed by atoms with van der Waals surface area (Å²) < 4.78 is 0. The predicted molar refractivity (Wildman–Crippen MR) is 112 cm³/mol. The quantitative estimate of drug-likeness (QED) is 0.455. The third-order valence-corrected chi connectivity index (χ3v) is 4.26. The Morgan fingerprint density at radius 3 is 2.04 bits per heavy atom. The number of aryl methyl sites for hydroxylation is 2. The van der Waals surface area contributed by atoms with Gasteiger partial charge >= 0.3 is 0 Å². The topological polar surface area (TPSA) is 26.0 Å². The molecule has 0 amide bonds. The fourth-order valence-electron chi connectivity index (χ4n) is 2.00. The molecule has 0 aromatic heterocycles. The molecular formula is C22H33NS. The first kappa shape index (κ1) is 22.3. The third kappa shape index (κ3) is 8.26. The fourth-order valence-corrected chi connectivity index (χ4v) is 2.88. The zero-order chi connectivity index (χ0) is 18.5. The van der Waals surface area contributed by atoms with Crippen LogP contribution in [-0.2, 0) is 6.42 Å². The molecule has 0 heterocycles. The van der Waals surface area contributed by atoms with Gasteiger partial charge in [0.05, 0.1) is 0 Å². The van der Waals surface area contributed by atoms with Crippen LogP contribution in [0.3, 0.4) is 0 Å². The molecule has 24 heavy (non-hydrogen) atoms. The molecule has 0 bridgehead atoms. The Kier molecular flexibility index (Phi) is 11.8. The second-order valence-electron chi connectivity index (χ2n) is 5.22. The average molecular weight is 344 g/mol. The molecule has 0 unspecified atom stereocenters. The number of nitrogens with two attached hydrogens (primary N) is 1. The normalized spacial score (nSPS) is 9.25. The van der Waals surface area contributed by atoms with Gasteiger partial charge in [-0.3, -0.25) is 0 Å². The van der Waals surface area contributed by atoms with Crippen LogP contribution in [0.25, 0.3) is 0 Å². The molecule has 0 aliphatic carbocycles. The molecule has 0 saturated heterocycles. The van der Waals surface area contributed by atoms with E-state index in [1.165, 1.54) is 26.5 Å². The van der Waals surface area contributed by atoms with Gasteiger partial charge in [0.15, 0.2) is 0 Å². The molecule has 0 radical (unpaired) electrons. The van der Waals surface area contributed by atoms with Gasteiger partial charge in [0.2, 0.25) is 0 Å². The van der Waals surface area contributed by atoms with Crippen LogP contribution in [0.1, 0.15) is 52.2 Å². The van der Waals surface area contributed by atoms with E-state index in [4.69, 9.17) is 5.73 Å². The molecule has 0 fully saturated rings. The van der Waals surface area contributed by atoms with Crippen molar-refractivity contribution in [3.8, 4) is 0 Å². The molecule has 0 saturated carbocycles. The van der Waals surface area contributed by atoms with E-state index in [0.717, 1.165) is 18.5 Å². The van der Waals surface area contributed by atoms with E-state index >= 15 is 0 Å². The lowest BCUT2D eigenvalue weighted by Crippen LogP contribution is -1.91. The summed E-state index contributed by atoms with van der Waals surface area (Å²) in [5.74, 6) is 0. The van der Waals surface area contributed by atoms with E-state index in [-0.39, 0.29) is 0 Å². The Balaban J connectivity index is 0.00000123. The van der Waals surface area contributed by atoms with Gasteiger partial charge in [-0.1, -0.05) is 51.1 Å². The van der Waals surface area contributed by atoms with Crippen LogP contribution in [0.5, 0.6) is 0 Å². The number of hydrogen-bond acceptors (Lipinski definition) is 2. The van der Waals surface area contributed by atoms with Crippen LogP contribution >= 0.6 is 11.8 Å². The summed E-state index contributed by atoms with van der Waals surface area (Å²) in [5.41, 5.74) is 10.5. The van der Waals surface area contributed by atoms with Crippen LogP contribution < -0.4 is 5.73 Å². The van der Waals surface area contributed by atoms with Crippen LogP contribution in [0.2, 0.25) is 0 Å². The highest BCUT2D eigenvalue weighted by Gasteiger charge is 2.03. The van der Waals surface area contributed by atoms with Gasteiger partial charge < -0.3 is 5.73 Å². The first-order chi connectivity index (χ1) is 11.5. The van der Waals surface area contributed by atoms with Gasteiger partial charge in [0.1, 0.15) is 0 Å². The van der Waals surface area contributed by atoms with Gasteiger partial charge in [-0.05, 0) is 74.2 Å². The summed E-state index contributed by atoms with van der Waals surface area (Å²) in [7, 11) is 0. The number of hydrogen-bond donors (Lipinski definition) is 1. The molecule has 2 heteroatoms. The molecule has 1 nitrogen and oxygen atoms in total. The van der Waals surface area contributed by atoms with Crippen molar-refractivity contribution >= 4 is 17.4 Å². The summed E-state index contributed by atoms with van der Waals surface area (Å²) >= 11 is 1.78. The minimum absolute atomic E-state index is 0.806. The first-order valence-corrected chi connectivity index (χ1v) is 9.63. The van der Waals surface area contributed by atoms with Crippen LogP contribution in [-0.4, -0.2) is 0 Å². The van der Waals surface area contributed by atoms with Gasteiger partial charge in [-0.2, -0.15) is 0 Å². The van der Waals surface area contributed by atoms with Gasteiger partial charge in [-0.25, -0.2) is 0 Å².